The monoisotopic (exact) mass is 275 g/mol. The summed E-state index contributed by atoms with van der Waals surface area (Å²) in [5.41, 5.74) is 1.27. The van der Waals surface area contributed by atoms with Crippen LogP contribution in [0.2, 0.25) is 0 Å². The SMILES string of the molecule is CCCCOc1nc2cccc(C(C)CC)c2c(=O)o1. The van der Waals surface area contributed by atoms with Crippen LogP contribution in [0, 0.1) is 0 Å². The van der Waals surface area contributed by atoms with Crippen molar-refractivity contribution < 1.29 is 9.15 Å². The summed E-state index contributed by atoms with van der Waals surface area (Å²) < 4.78 is 10.6. The Balaban J connectivity index is 2.44. The fourth-order valence-corrected chi connectivity index (χ4v) is 2.12. The Hall–Kier alpha value is -1.84. The summed E-state index contributed by atoms with van der Waals surface area (Å²) in [6.45, 7) is 6.79. The zero-order valence-corrected chi connectivity index (χ0v) is 12.3. The van der Waals surface area contributed by atoms with Gasteiger partial charge in [-0.3, -0.25) is 0 Å². The number of nitrogens with zero attached hydrogens (tertiary/aromatic N) is 1. The quantitative estimate of drug-likeness (QED) is 0.751. The van der Waals surface area contributed by atoms with Gasteiger partial charge in [-0.2, -0.15) is 4.98 Å². The second kappa shape index (κ2) is 6.55. The van der Waals surface area contributed by atoms with E-state index in [1.807, 2.05) is 18.2 Å². The molecule has 0 aliphatic carbocycles. The van der Waals surface area contributed by atoms with Crippen molar-refractivity contribution in [1.29, 1.82) is 0 Å². The van der Waals surface area contributed by atoms with E-state index in [2.05, 4.69) is 25.8 Å². The van der Waals surface area contributed by atoms with E-state index in [9.17, 15) is 4.79 Å². The molecule has 0 N–H and O–H groups in total. The third-order valence-electron chi connectivity index (χ3n) is 3.54. The Morgan fingerprint density at radius 2 is 2.15 bits per heavy atom. The van der Waals surface area contributed by atoms with E-state index in [4.69, 9.17) is 9.15 Å². The third-order valence-corrected chi connectivity index (χ3v) is 3.54. The van der Waals surface area contributed by atoms with Crippen LogP contribution in [0.3, 0.4) is 0 Å². The Kier molecular flexibility index (Phi) is 4.77. The van der Waals surface area contributed by atoms with Gasteiger partial charge in [-0.25, -0.2) is 4.79 Å². The van der Waals surface area contributed by atoms with Crippen molar-refractivity contribution in [2.45, 2.75) is 46.0 Å². The van der Waals surface area contributed by atoms with Crippen LogP contribution in [0.4, 0.5) is 0 Å². The van der Waals surface area contributed by atoms with Crippen LogP contribution in [-0.4, -0.2) is 11.6 Å². The number of unbranched alkanes of at least 4 members (excludes halogenated alkanes) is 1. The molecule has 4 heteroatoms. The normalized spacial score (nSPS) is 12.6. The standard InChI is InChI=1S/C16H21NO3/c1-4-6-10-19-16-17-13-9-7-8-12(11(3)5-2)14(13)15(18)20-16/h7-9,11H,4-6,10H2,1-3H3. The first kappa shape index (κ1) is 14.6. The summed E-state index contributed by atoms with van der Waals surface area (Å²) in [5.74, 6) is 0.301. The van der Waals surface area contributed by atoms with E-state index >= 15 is 0 Å². The van der Waals surface area contributed by atoms with Crippen molar-refractivity contribution in [3.05, 3.63) is 34.2 Å². The van der Waals surface area contributed by atoms with Gasteiger partial charge >= 0.3 is 11.7 Å². The van der Waals surface area contributed by atoms with E-state index in [1.54, 1.807) is 0 Å². The molecule has 4 nitrogen and oxygen atoms in total. The molecular weight excluding hydrogens is 254 g/mol. The number of rotatable bonds is 6. The number of hydrogen-bond acceptors (Lipinski definition) is 4. The van der Waals surface area contributed by atoms with Crippen LogP contribution in [0.25, 0.3) is 10.9 Å². The molecule has 0 fully saturated rings. The van der Waals surface area contributed by atoms with Crippen molar-refractivity contribution >= 4 is 10.9 Å². The first-order valence-corrected chi connectivity index (χ1v) is 7.23. The van der Waals surface area contributed by atoms with Gasteiger partial charge in [-0.1, -0.05) is 39.3 Å². The Morgan fingerprint density at radius 1 is 1.35 bits per heavy atom. The lowest BCUT2D eigenvalue weighted by Gasteiger charge is -2.11. The van der Waals surface area contributed by atoms with Gasteiger partial charge in [0.15, 0.2) is 0 Å². The predicted molar refractivity (Wildman–Crippen MR) is 79.4 cm³/mol. The highest BCUT2D eigenvalue weighted by Crippen LogP contribution is 2.25. The molecule has 0 radical (unpaired) electrons. The van der Waals surface area contributed by atoms with E-state index < -0.39 is 0 Å². The van der Waals surface area contributed by atoms with Crippen LogP contribution in [0.1, 0.15) is 51.5 Å². The van der Waals surface area contributed by atoms with Crippen molar-refractivity contribution in [3.8, 4) is 6.08 Å². The molecule has 0 aliphatic heterocycles. The van der Waals surface area contributed by atoms with E-state index in [-0.39, 0.29) is 11.7 Å². The molecule has 2 aromatic rings. The summed E-state index contributed by atoms with van der Waals surface area (Å²) in [7, 11) is 0. The lowest BCUT2D eigenvalue weighted by atomic mass is 9.95. The van der Waals surface area contributed by atoms with E-state index in [0.29, 0.717) is 23.4 Å². The number of hydrogen-bond donors (Lipinski definition) is 0. The summed E-state index contributed by atoms with van der Waals surface area (Å²) in [4.78, 5) is 16.5. The molecule has 20 heavy (non-hydrogen) atoms. The van der Waals surface area contributed by atoms with E-state index in [1.165, 1.54) is 0 Å². The zero-order valence-electron chi connectivity index (χ0n) is 12.3. The predicted octanol–water partition coefficient (Wildman–Crippen LogP) is 3.88. The molecule has 0 amide bonds. The largest absolute Gasteiger partial charge is 0.450 e. The number of fused-ring (bicyclic) bond motifs is 1. The maximum atomic E-state index is 12.2. The minimum absolute atomic E-state index is 0.0669. The second-order valence-corrected chi connectivity index (χ2v) is 5.02. The zero-order chi connectivity index (χ0) is 14.5. The molecule has 0 saturated heterocycles. The molecule has 1 aromatic carbocycles. The molecule has 108 valence electrons. The van der Waals surface area contributed by atoms with Gasteiger partial charge in [0.1, 0.15) is 0 Å². The highest BCUT2D eigenvalue weighted by molar-refractivity contribution is 5.81. The van der Waals surface area contributed by atoms with E-state index in [0.717, 1.165) is 24.8 Å². The summed E-state index contributed by atoms with van der Waals surface area (Å²) in [5, 5.41) is 0.574. The molecule has 0 aliphatic rings. The fraction of sp³-hybridized carbons (Fsp3) is 0.500. The highest BCUT2D eigenvalue weighted by Gasteiger charge is 2.14. The average Bonchev–Trinajstić information content (AvgIpc) is 2.46. The first-order chi connectivity index (χ1) is 9.67. The Morgan fingerprint density at radius 3 is 2.85 bits per heavy atom. The van der Waals surface area contributed by atoms with Crippen LogP contribution >= 0.6 is 0 Å². The van der Waals surface area contributed by atoms with Gasteiger partial charge in [0.05, 0.1) is 17.5 Å². The van der Waals surface area contributed by atoms with Gasteiger partial charge in [-0.15, -0.1) is 0 Å². The smallest absolute Gasteiger partial charge is 0.397 e. The summed E-state index contributed by atoms with van der Waals surface area (Å²) in [6, 6.07) is 5.71. The lowest BCUT2D eigenvalue weighted by Crippen LogP contribution is -2.09. The average molecular weight is 275 g/mol. The van der Waals surface area contributed by atoms with Gasteiger partial charge in [0, 0.05) is 0 Å². The van der Waals surface area contributed by atoms with Gasteiger partial charge in [0.25, 0.3) is 0 Å². The molecule has 0 saturated carbocycles. The topological polar surface area (TPSA) is 52.3 Å². The minimum atomic E-state index is -0.364. The van der Waals surface area contributed by atoms with Crippen LogP contribution in [0.5, 0.6) is 6.08 Å². The molecular formula is C16H21NO3. The maximum absolute atomic E-state index is 12.2. The fourth-order valence-electron chi connectivity index (χ4n) is 2.12. The molecule has 0 bridgehead atoms. The minimum Gasteiger partial charge on any atom is -0.450 e. The summed E-state index contributed by atoms with van der Waals surface area (Å²) in [6.07, 6.45) is 2.97. The van der Waals surface area contributed by atoms with Crippen molar-refractivity contribution in [2.24, 2.45) is 0 Å². The van der Waals surface area contributed by atoms with Gasteiger partial charge < -0.3 is 9.15 Å². The highest BCUT2D eigenvalue weighted by atomic mass is 16.6. The van der Waals surface area contributed by atoms with Crippen molar-refractivity contribution in [1.82, 2.24) is 4.98 Å². The molecule has 2 rings (SSSR count). The van der Waals surface area contributed by atoms with Crippen LogP contribution in [-0.2, 0) is 0 Å². The van der Waals surface area contributed by atoms with Crippen LogP contribution in [0.15, 0.2) is 27.4 Å². The lowest BCUT2D eigenvalue weighted by molar-refractivity contribution is 0.213. The first-order valence-electron chi connectivity index (χ1n) is 7.23. The van der Waals surface area contributed by atoms with Crippen molar-refractivity contribution in [2.75, 3.05) is 6.61 Å². The van der Waals surface area contributed by atoms with Crippen molar-refractivity contribution in [3.63, 3.8) is 0 Å². The summed E-state index contributed by atoms with van der Waals surface area (Å²) >= 11 is 0. The molecule has 1 unspecified atom stereocenters. The molecule has 0 spiro atoms. The maximum Gasteiger partial charge on any atom is 0.397 e. The number of ether oxygens (including phenoxy) is 1. The Bertz CT molecular complexity index is 633. The van der Waals surface area contributed by atoms with Gasteiger partial charge in [-0.05, 0) is 30.4 Å². The molecule has 1 aromatic heterocycles. The van der Waals surface area contributed by atoms with Crippen LogP contribution < -0.4 is 10.4 Å². The number of benzene rings is 1. The second-order valence-electron chi connectivity index (χ2n) is 5.02. The Labute approximate surface area is 118 Å². The number of aromatic nitrogens is 1. The molecule has 1 atom stereocenters. The molecule has 1 heterocycles. The van der Waals surface area contributed by atoms with Gasteiger partial charge in [0.2, 0.25) is 0 Å². The third kappa shape index (κ3) is 3.00.